The summed E-state index contributed by atoms with van der Waals surface area (Å²) in [5.74, 6) is 1.25. The van der Waals surface area contributed by atoms with E-state index in [1.54, 1.807) is 7.11 Å². The van der Waals surface area contributed by atoms with Gasteiger partial charge in [0.15, 0.2) is 11.5 Å². The van der Waals surface area contributed by atoms with Crippen LogP contribution in [0.1, 0.15) is 24.8 Å². The van der Waals surface area contributed by atoms with Crippen LogP contribution in [0.3, 0.4) is 0 Å². The van der Waals surface area contributed by atoms with E-state index in [0.29, 0.717) is 23.1 Å². The molecule has 2 N–H and O–H groups in total. The zero-order valence-electron chi connectivity index (χ0n) is 10.5. The fourth-order valence-corrected chi connectivity index (χ4v) is 2.31. The summed E-state index contributed by atoms with van der Waals surface area (Å²) < 4.78 is 11.2. The molecule has 0 radical (unpaired) electrons. The van der Waals surface area contributed by atoms with Gasteiger partial charge in [0.2, 0.25) is 0 Å². The Morgan fingerprint density at radius 1 is 1.44 bits per heavy atom. The average molecular weight is 268 g/mol. The first-order valence-electron chi connectivity index (χ1n) is 6.14. The first-order valence-corrected chi connectivity index (χ1v) is 6.52. The third kappa shape index (κ3) is 2.98. The van der Waals surface area contributed by atoms with E-state index in [2.05, 4.69) is 12.2 Å². The molecule has 0 amide bonds. The lowest BCUT2D eigenvalue weighted by Gasteiger charge is -2.21. The smallest absolute Gasteiger partial charge is 0.180 e. The van der Waals surface area contributed by atoms with Crippen molar-refractivity contribution in [1.82, 2.24) is 0 Å². The lowest BCUT2D eigenvalue weighted by Crippen LogP contribution is -2.16. The number of nitrogens with two attached hydrogens (primary N) is 1. The zero-order chi connectivity index (χ0) is 13.0. The fourth-order valence-electron chi connectivity index (χ4n) is 2.04. The Bertz CT molecular complexity index is 446. The van der Waals surface area contributed by atoms with Crippen LogP contribution in [0.2, 0.25) is 5.02 Å². The first-order chi connectivity index (χ1) is 8.74. The number of benzene rings is 1. The second kappa shape index (κ2) is 6.12. The summed E-state index contributed by atoms with van der Waals surface area (Å²) in [5, 5.41) is 0.550. The average Bonchev–Trinajstić information content (AvgIpc) is 2.42. The van der Waals surface area contributed by atoms with Crippen LogP contribution in [0.25, 0.3) is 0 Å². The molecule has 3 nitrogen and oxygen atoms in total. The molecule has 1 atom stereocenters. The van der Waals surface area contributed by atoms with Crippen LogP contribution in [0.4, 0.5) is 0 Å². The molecule has 0 spiro atoms. The van der Waals surface area contributed by atoms with Gasteiger partial charge in [-0.2, -0.15) is 0 Å². The van der Waals surface area contributed by atoms with E-state index in [-0.39, 0.29) is 6.10 Å². The topological polar surface area (TPSA) is 44.5 Å². The number of hydrogen-bond donors (Lipinski definition) is 1. The monoisotopic (exact) mass is 267 g/mol. The highest BCUT2D eigenvalue weighted by molar-refractivity contribution is 6.32. The second-order valence-electron chi connectivity index (χ2n) is 4.33. The van der Waals surface area contributed by atoms with Crippen LogP contribution in [0, 0.1) is 0 Å². The summed E-state index contributed by atoms with van der Waals surface area (Å²) >= 11 is 6.23. The van der Waals surface area contributed by atoms with Crippen LogP contribution < -0.4 is 15.2 Å². The van der Waals surface area contributed by atoms with Crippen LogP contribution in [-0.2, 0) is 6.54 Å². The van der Waals surface area contributed by atoms with Gasteiger partial charge in [0, 0.05) is 6.54 Å². The van der Waals surface area contributed by atoms with E-state index in [0.717, 1.165) is 24.8 Å². The van der Waals surface area contributed by atoms with Crippen molar-refractivity contribution in [2.24, 2.45) is 5.73 Å². The molecule has 0 aliphatic heterocycles. The Morgan fingerprint density at radius 2 is 2.28 bits per heavy atom. The van der Waals surface area contributed by atoms with Gasteiger partial charge in [0.05, 0.1) is 12.1 Å². The Morgan fingerprint density at radius 3 is 2.89 bits per heavy atom. The van der Waals surface area contributed by atoms with Gasteiger partial charge in [0.25, 0.3) is 0 Å². The van der Waals surface area contributed by atoms with Crippen LogP contribution in [-0.4, -0.2) is 13.2 Å². The Labute approximate surface area is 113 Å². The summed E-state index contributed by atoms with van der Waals surface area (Å²) in [7, 11) is 1.61. The maximum atomic E-state index is 6.23. The molecule has 0 bridgehead atoms. The Balaban J connectivity index is 2.25. The summed E-state index contributed by atoms with van der Waals surface area (Å²) in [4.78, 5) is 0. The standard InChI is InChI=1S/C14H18ClNO2/c1-17-13-8-10(9-16)7-12(15)14(13)18-11-5-3-2-4-6-11/h3,5,7-8,11H,2,4,6,9,16H2,1H3. The molecular formula is C14H18ClNO2. The number of ether oxygens (including phenoxy) is 2. The van der Waals surface area contributed by atoms with Gasteiger partial charge in [0.1, 0.15) is 6.10 Å². The molecule has 0 aromatic heterocycles. The molecule has 4 heteroatoms. The molecule has 0 heterocycles. The highest BCUT2D eigenvalue weighted by Gasteiger charge is 2.16. The van der Waals surface area contributed by atoms with Gasteiger partial charge in [-0.3, -0.25) is 0 Å². The summed E-state index contributed by atoms with van der Waals surface area (Å²) in [5.41, 5.74) is 6.54. The first kappa shape index (κ1) is 13.2. The van der Waals surface area contributed by atoms with Crippen molar-refractivity contribution >= 4 is 11.6 Å². The van der Waals surface area contributed by atoms with E-state index in [9.17, 15) is 0 Å². The third-order valence-corrected chi connectivity index (χ3v) is 3.29. The number of hydrogen-bond acceptors (Lipinski definition) is 3. The largest absolute Gasteiger partial charge is 0.493 e. The SMILES string of the molecule is COc1cc(CN)cc(Cl)c1OC1C=CCCC1. The molecule has 18 heavy (non-hydrogen) atoms. The highest BCUT2D eigenvalue weighted by Crippen LogP contribution is 2.37. The van der Waals surface area contributed by atoms with Crippen molar-refractivity contribution in [2.45, 2.75) is 31.9 Å². The normalized spacial score (nSPS) is 18.7. The van der Waals surface area contributed by atoms with Crippen molar-refractivity contribution < 1.29 is 9.47 Å². The van der Waals surface area contributed by atoms with E-state index in [1.165, 1.54) is 0 Å². The number of halogens is 1. The van der Waals surface area contributed by atoms with E-state index < -0.39 is 0 Å². The van der Waals surface area contributed by atoms with Crippen LogP contribution in [0.5, 0.6) is 11.5 Å². The molecule has 1 aliphatic carbocycles. The second-order valence-corrected chi connectivity index (χ2v) is 4.74. The van der Waals surface area contributed by atoms with Gasteiger partial charge in [-0.25, -0.2) is 0 Å². The van der Waals surface area contributed by atoms with Gasteiger partial charge < -0.3 is 15.2 Å². The van der Waals surface area contributed by atoms with Crippen LogP contribution in [0.15, 0.2) is 24.3 Å². The van der Waals surface area contributed by atoms with Gasteiger partial charge >= 0.3 is 0 Å². The molecule has 1 aromatic rings. The summed E-state index contributed by atoms with van der Waals surface area (Å²) in [6.45, 7) is 0.430. The van der Waals surface area contributed by atoms with Gasteiger partial charge in [-0.05, 0) is 43.0 Å². The van der Waals surface area contributed by atoms with Crippen molar-refractivity contribution in [2.75, 3.05) is 7.11 Å². The lowest BCUT2D eigenvalue weighted by atomic mass is 10.1. The summed E-state index contributed by atoms with van der Waals surface area (Å²) in [6.07, 6.45) is 7.57. The predicted molar refractivity (Wildman–Crippen MR) is 73.3 cm³/mol. The number of methoxy groups -OCH3 is 1. The molecule has 1 aromatic carbocycles. The van der Waals surface area contributed by atoms with Crippen molar-refractivity contribution in [3.63, 3.8) is 0 Å². The Kier molecular flexibility index (Phi) is 4.50. The third-order valence-electron chi connectivity index (χ3n) is 3.00. The van der Waals surface area contributed by atoms with E-state index in [1.807, 2.05) is 12.1 Å². The molecule has 1 aliphatic rings. The number of allylic oxidation sites excluding steroid dienone is 1. The predicted octanol–water partition coefficient (Wildman–Crippen LogP) is 3.29. The zero-order valence-corrected chi connectivity index (χ0v) is 11.2. The van der Waals surface area contributed by atoms with Gasteiger partial charge in [-0.1, -0.05) is 17.7 Å². The highest BCUT2D eigenvalue weighted by atomic mass is 35.5. The van der Waals surface area contributed by atoms with Gasteiger partial charge in [-0.15, -0.1) is 0 Å². The van der Waals surface area contributed by atoms with Crippen LogP contribution >= 0.6 is 11.6 Å². The van der Waals surface area contributed by atoms with E-state index >= 15 is 0 Å². The molecule has 0 saturated heterocycles. The molecule has 98 valence electrons. The molecule has 2 rings (SSSR count). The number of rotatable bonds is 4. The Hall–Kier alpha value is -1.19. The van der Waals surface area contributed by atoms with E-state index in [4.69, 9.17) is 26.8 Å². The quantitative estimate of drug-likeness (QED) is 0.852. The maximum absolute atomic E-state index is 6.23. The molecular weight excluding hydrogens is 250 g/mol. The minimum Gasteiger partial charge on any atom is -0.493 e. The van der Waals surface area contributed by atoms with Crippen molar-refractivity contribution in [3.05, 3.63) is 34.9 Å². The maximum Gasteiger partial charge on any atom is 0.180 e. The fraction of sp³-hybridized carbons (Fsp3) is 0.429. The minimum absolute atomic E-state index is 0.0777. The summed E-state index contributed by atoms with van der Waals surface area (Å²) in [6, 6.07) is 3.69. The van der Waals surface area contributed by atoms with Crippen molar-refractivity contribution in [1.29, 1.82) is 0 Å². The molecule has 1 unspecified atom stereocenters. The lowest BCUT2D eigenvalue weighted by molar-refractivity contribution is 0.219. The van der Waals surface area contributed by atoms with Crippen molar-refractivity contribution in [3.8, 4) is 11.5 Å². The molecule has 0 fully saturated rings. The molecule has 0 saturated carbocycles. The minimum atomic E-state index is 0.0777.